The maximum absolute atomic E-state index is 13.3. The molecule has 0 radical (unpaired) electrons. The molecule has 3 N–H and O–H groups in total. The van der Waals surface area contributed by atoms with Gasteiger partial charge in [-0.3, -0.25) is 25.2 Å². The molecule has 0 saturated carbocycles. The van der Waals surface area contributed by atoms with Gasteiger partial charge in [-0.25, -0.2) is 4.39 Å². The van der Waals surface area contributed by atoms with Crippen LogP contribution in [0.1, 0.15) is 20.9 Å². The number of hydrogen-bond acceptors (Lipinski definition) is 4. The summed E-state index contributed by atoms with van der Waals surface area (Å²) in [5.74, 6) is -2.70. The molecule has 114 valence electrons. The number of furan rings is 1. The standard InChI is InChI=1S/C14H12FN3O4/c15-10-5-2-1-4-9(10)13(20)18-17-12(19)8-16-14(21)11-6-3-7-22-11/h1-7H,8H2,(H,16,21)(H,17,19)(H,18,20). The van der Waals surface area contributed by atoms with Crippen molar-refractivity contribution in [2.45, 2.75) is 0 Å². The van der Waals surface area contributed by atoms with Crippen molar-refractivity contribution in [3.8, 4) is 0 Å². The first-order valence-electron chi connectivity index (χ1n) is 6.23. The second-order valence-corrected chi connectivity index (χ2v) is 4.14. The molecule has 8 heteroatoms. The van der Waals surface area contributed by atoms with Crippen LogP contribution in [0.2, 0.25) is 0 Å². The van der Waals surface area contributed by atoms with Crippen LogP contribution in [0.5, 0.6) is 0 Å². The monoisotopic (exact) mass is 305 g/mol. The molecule has 22 heavy (non-hydrogen) atoms. The summed E-state index contributed by atoms with van der Waals surface area (Å²) in [6.45, 7) is -0.378. The molecule has 1 heterocycles. The largest absolute Gasteiger partial charge is 0.459 e. The first kappa shape index (κ1) is 15.2. The van der Waals surface area contributed by atoms with E-state index in [2.05, 4.69) is 10.7 Å². The number of hydrogen-bond donors (Lipinski definition) is 3. The molecule has 0 aliphatic carbocycles. The van der Waals surface area contributed by atoms with E-state index in [1.165, 1.54) is 36.6 Å². The Morgan fingerprint density at radius 3 is 2.45 bits per heavy atom. The summed E-state index contributed by atoms with van der Waals surface area (Å²) in [5.41, 5.74) is 3.90. The van der Waals surface area contributed by atoms with Crippen molar-refractivity contribution in [2.75, 3.05) is 6.54 Å². The van der Waals surface area contributed by atoms with Crippen LogP contribution < -0.4 is 16.2 Å². The Kier molecular flexibility index (Phi) is 4.86. The Morgan fingerprint density at radius 2 is 1.77 bits per heavy atom. The summed E-state index contributed by atoms with van der Waals surface area (Å²) in [6.07, 6.45) is 1.32. The van der Waals surface area contributed by atoms with Crippen molar-refractivity contribution >= 4 is 17.7 Å². The fourth-order valence-corrected chi connectivity index (χ4v) is 1.54. The van der Waals surface area contributed by atoms with E-state index in [4.69, 9.17) is 4.42 Å². The van der Waals surface area contributed by atoms with Crippen LogP contribution in [0.25, 0.3) is 0 Å². The zero-order chi connectivity index (χ0) is 15.9. The van der Waals surface area contributed by atoms with Gasteiger partial charge in [-0.1, -0.05) is 12.1 Å². The summed E-state index contributed by atoms with van der Waals surface area (Å²) >= 11 is 0. The van der Waals surface area contributed by atoms with E-state index < -0.39 is 23.5 Å². The molecule has 2 rings (SSSR count). The summed E-state index contributed by atoms with van der Waals surface area (Å²) in [5, 5.41) is 2.29. The highest BCUT2D eigenvalue weighted by molar-refractivity contribution is 5.97. The summed E-state index contributed by atoms with van der Waals surface area (Å²) in [4.78, 5) is 34.6. The Balaban J connectivity index is 1.77. The van der Waals surface area contributed by atoms with Crippen molar-refractivity contribution in [1.82, 2.24) is 16.2 Å². The van der Waals surface area contributed by atoms with Crippen molar-refractivity contribution in [1.29, 1.82) is 0 Å². The highest BCUT2D eigenvalue weighted by Gasteiger charge is 2.13. The number of carbonyl (C=O) groups excluding carboxylic acids is 3. The molecular weight excluding hydrogens is 293 g/mol. The van der Waals surface area contributed by atoms with Crippen molar-refractivity contribution < 1.29 is 23.2 Å². The van der Waals surface area contributed by atoms with E-state index in [1.807, 2.05) is 5.43 Å². The first-order chi connectivity index (χ1) is 10.6. The van der Waals surface area contributed by atoms with Gasteiger partial charge in [0.15, 0.2) is 5.76 Å². The van der Waals surface area contributed by atoms with Gasteiger partial charge in [-0.15, -0.1) is 0 Å². The number of hydrazine groups is 1. The molecule has 0 aliphatic rings. The smallest absolute Gasteiger partial charge is 0.287 e. The fraction of sp³-hybridized carbons (Fsp3) is 0.0714. The average Bonchev–Trinajstić information content (AvgIpc) is 3.05. The molecule has 0 unspecified atom stereocenters. The van der Waals surface area contributed by atoms with Crippen LogP contribution in [0.4, 0.5) is 4.39 Å². The SMILES string of the molecule is O=C(CNC(=O)c1ccco1)NNC(=O)c1ccccc1F. The minimum absolute atomic E-state index is 0.0585. The predicted octanol–water partition coefficient (Wildman–Crippen LogP) is 0.610. The predicted molar refractivity (Wildman–Crippen MR) is 73.1 cm³/mol. The summed E-state index contributed by atoms with van der Waals surface area (Å²) in [7, 11) is 0. The minimum atomic E-state index is -0.802. The van der Waals surface area contributed by atoms with E-state index in [-0.39, 0.29) is 17.9 Å². The van der Waals surface area contributed by atoms with Crippen LogP contribution in [-0.2, 0) is 4.79 Å². The topological polar surface area (TPSA) is 100 Å². The number of amides is 3. The highest BCUT2D eigenvalue weighted by Crippen LogP contribution is 2.05. The maximum Gasteiger partial charge on any atom is 0.287 e. The van der Waals surface area contributed by atoms with Gasteiger partial charge < -0.3 is 9.73 Å². The molecule has 1 aromatic carbocycles. The third kappa shape index (κ3) is 3.92. The lowest BCUT2D eigenvalue weighted by Gasteiger charge is -2.08. The molecular formula is C14H12FN3O4. The van der Waals surface area contributed by atoms with Crippen molar-refractivity contribution in [2.24, 2.45) is 0 Å². The summed E-state index contributed by atoms with van der Waals surface area (Å²) in [6, 6.07) is 8.30. The third-order valence-electron chi connectivity index (χ3n) is 2.59. The lowest BCUT2D eigenvalue weighted by molar-refractivity contribution is -0.120. The third-order valence-corrected chi connectivity index (χ3v) is 2.59. The van der Waals surface area contributed by atoms with Crippen LogP contribution in [0.15, 0.2) is 47.1 Å². The van der Waals surface area contributed by atoms with Crippen molar-refractivity contribution in [3.05, 3.63) is 59.8 Å². The van der Waals surface area contributed by atoms with Crippen LogP contribution >= 0.6 is 0 Å². The van der Waals surface area contributed by atoms with Gasteiger partial charge >= 0.3 is 0 Å². The van der Waals surface area contributed by atoms with Gasteiger partial charge in [0.1, 0.15) is 5.82 Å². The molecule has 0 aliphatic heterocycles. The second-order valence-electron chi connectivity index (χ2n) is 4.14. The number of carbonyl (C=O) groups is 3. The summed E-state index contributed by atoms with van der Waals surface area (Å²) < 4.78 is 18.2. The van der Waals surface area contributed by atoms with Crippen LogP contribution in [0, 0.1) is 5.82 Å². The molecule has 0 fully saturated rings. The van der Waals surface area contributed by atoms with Gasteiger partial charge in [-0.2, -0.15) is 0 Å². The zero-order valence-corrected chi connectivity index (χ0v) is 11.3. The van der Waals surface area contributed by atoms with Crippen LogP contribution in [0.3, 0.4) is 0 Å². The molecule has 0 atom stereocenters. The van der Waals surface area contributed by atoms with Gasteiger partial charge in [0.05, 0.1) is 18.4 Å². The van der Waals surface area contributed by atoms with E-state index >= 15 is 0 Å². The molecule has 1 aromatic heterocycles. The number of halogens is 1. The second kappa shape index (κ2) is 7.02. The number of benzene rings is 1. The number of nitrogens with one attached hydrogen (secondary N) is 3. The Hall–Kier alpha value is -3.16. The molecule has 2 aromatic rings. The van der Waals surface area contributed by atoms with Gasteiger partial charge in [0, 0.05) is 0 Å². The normalized spacial score (nSPS) is 9.86. The molecule has 7 nitrogen and oxygen atoms in total. The molecule has 3 amide bonds. The lowest BCUT2D eigenvalue weighted by Crippen LogP contribution is -2.46. The highest BCUT2D eigenvalue weighted by atomic mass is 19.1. The molecule has 0 saturated heterocycles. The van der Waals surface area contributed by atoms with E-state index in [0.29, 0.717) is 0 Å². The fourth-order valence-electron chi connectivity index (χ4n) is 1.54. The van der Waals surface area contributed by atoms with Gasteiger partial charge in [-0.05, 0) is 24.3 Å². The average molecular weight is 305 g/mol. The molecule has 0 bridgehead atoms. The molecule has 0 spiro atoms. The van der Waals surface area contributed by atoms with Gasteiger partial charge in [0.2, 0.25) is 0 Å². The Morgan fingerprint density at radius 1 is 1.00 bits per heavy atom. The maximum atomic E-state index is 13.3. The van der Waals surface area contributed by atoms with Crippen LogP contribution in [-0.4, -0.2) is 24.3 Å². The minimum Gasteiger partial charge on any atom is -0.459 e. The lowest BCUT2D eigenvalue weighted by atomic mass is 10.2. The Labute approximate surface area is 124 Å². The first-order valence-corrected chi connectivity index (χ1v) is 6.23. The zero-order valence-electron chi connectivity index (χ0n) is 11.3. The van der Waals surface area contributed by atoms with E-state index in [1.54, 1.807) is 0 Å². The Bertz CT molecular complexity index is 685. The van der Waals surface area contributed by atoms with E-state index in [0.717, 1.165) is 6.07 Å². The number of rotatable bonds is 4. The van der Waals surface area contributed by atoms with Crippen molar-refractivity contribution in [3.63, 3.8) is 0 Å². The van der Waals surface area contributed by atoms with E-state index in [9.17, 15) is 18.8 Å². The van der Waals surface area contributed by atoms with Gasteiger partial charge in [0.25, 0.3) is 17.7 Å². The quantitative estimate of drug-likeness (QED) is 0.720.